The van der Waals surface area contributed by atoms with Crippen molar-refractivity contribution in [3.05, 3.63) is 41.7 Å². The molecule has 126 valence electrons. The average molecular weight is 327 g/mol. The van der Waals surface area contributed by atoms with Crippen molar-refractivity contribution in [2.24, 2.45) is 0 Å². The van der Waals surface area contributed by atoms with Gasteiger partial charge in [0.15, 0.2) is 0 Å². The molecule has 1 aliphatic heterocycles. The molecule has 1 fully saturated rings. The normalized spacial score (nSPS) is 19.3. The Morgan fingerprint density at radius 1 is 1.38 bits per heavy atom. The highest BCUT2D eigenvalue weighted by atomic mass is 16.3. The zero-order valence-electron chi connectivity index (χ0n) is 13.5. The van der Waals surface area contributed by atoms with Gasteiger partial charge in [0.2, 0.25) is 0 Å². The fourth-order valence-corrected chi connectivity index (χ4v) is 3.50. The second-order valence-corrected chi connectivity index (χ2v) is 6.31. The molecule has 2 aromatic rings. The number of aryl methyl sites for hydroxylation is 1. The van der Waals surface area contributed by atoms with E-state index in [-0.39, 0.29) is 12.1 Å². The van der Waals surface area contributed by atoms with Gasteiger partial charge in [-0.3, -0.25) is 0 Å². The van der Waals surface area contributed by atoms with E-state index >= 15 is 0 Å². The summed E-state index contributed by atoms with van der Waals surface area (Å²) in [6.45, 7) is 2.10. The molecule has 2 amide bonds. The maximum Gasteiger partial charge on any atom is 0.315 e. The Morgan fingerprint density at radius 3 is 3.21 bits per heavy atom. The second kappa shape index (κ2) is 6.51. The summed E-state index contributed by atoms with van der Waals surface area (Å²) >= 11 is 0. The third-order valence-corrected chi connectivity index (χ3v) is 4.68. The summed E-state index contributed by atoms with van der Waals surface area (Å²) in [7, 11) is 0. The predicted molar refractivity (Wildman–Crippen MR) is 88.8 cm³/mol. The van der Waals surface area contributed by atoms with Crippen LogP contribution >= 0.6 is 0 Å². The number of anilines is 1. The topological polar surface area (TPSA) is 83.3 Å². The van der Waals surface area contributed by atoms with Crippen LogP contribution in [0.4, 0.5) is 10.6 Å². The monoisotopic (exact) mass is 327 g/mol. The van der Waals surface area contributed by atoms with Crippen LogP contribution in [-0.4, -0.2) is 35.1 Å². The van der Waals surface area contributed by atoms with E-state index < -0.39 is 0 Å². The molecule has 1 atom stereocenters. The lowest BCUT2D eigenvalue weighted by molar-refractivity contribution is 0.236. The maximum atomic E-state index is 12.0. The molecule has 7 nitrogen and oxygen atoms in total. The summed E-state index contributed by atoms with van der Waals surface area (Å²) in [4.78, 5) is 23.2. The first-order valence-electron chi connectivity index (χ1n) is 8.44. The molecule has 0 spiro atoms. The van der Waals surface area contributed by atoms with Crippen molar-refractivity contribution in [1.29, 1.82) is 0 Å². The average Bonchev–Trinajstić information content (AvgIpc) is 3.33. The van der Waals surface area contributed by atoms with Gasteiger partial charge in [0.25, 0.3) is 0 Å². The van der Waals surface area contributed by atoms with Crippen LogP contribution in [0, 0.1) is 0 Å². The van der Waals surface area contributed by atoms with E-state index in [1.165, 1.54) is 11.3 Å². The molecule has 1 unspecified atom stereocenters. The molecule has 24 heavy (non-hydrogen) atoms. The van der Waals surface area contributed by atoms with Crippen LogP contribution in [0.15, 0.2) is 29.1 Å². The Labute approximate surface area is 140 Å². The Kier molecular flexibility index (Phi) is 4.06. The Hall–Kier alpha value is -2.57. The van der Waals surface area contributed by atoms with Gasteiger partial charge in [-0.25, -0.2) is 14.8 Å². The lowest BCUT2D eigenvalue weighted by atomic mass is 10.2. The largest absolute Gasteiger partial charge is 0.467 e. The molecule has 7 heteroatoms. The lowest BCUT2D eigenvalue weighted by Gasteiger charge is -2.20. The summed E-state index contributed by atoms with van der Waals surface area (Å²) in [5, 5.41) is 5.85. The highest BCUT2D eigenvalue weighted by molar-refractivity contribution is 5.74. The minimum absolute atomic E-state index is 0.133. The number of hydrogen-bond donors (Lipinski definition) is 2. The van der Waals surface area contributed by atoms with Crippen molar-refractivity contribution >= 4 is 11.8 Å². The van der Waals surface area contributed by atoms with Crippen molar-refractivity contribution in [2.45, 2.75) is 38.3 Å². The minimum Gasteiger partial charge on any atom is -0.467 e. The van der Waals surface area contributed by atoms with E-state index in [0.29, 0.717) is 6.54 Å². The number of aromatic nitrogens is 2. The van der Waals surface area contributed by atoms with Gasteiger partial charge in [-0.1, -0.05) is 0 Å². The second-order valence-electron chi connectivity index (χ2n) is 6.31. The molecule has 3 heterocycles. The van der Waals surface area contributed by atoms with Crippen molar-refractivity contribution < 1.29 is 9.21 Å². The van der Waals surface area contributed by atoms with Crippen LogP contribution in [0.2, 0.25) is 0 Å². The summed E-state index contributed by atoms with van der Waals surface area (Å²) in [5.74, 6) is 1.80. The molecule has 4 rings (SSSR count). The number of rotatable bonds is 4. The van der Waals surface area contributed by atoms with Gasteiger partial charge in [-0.15, -0.1) is 0 Å². The zero-order chi connectivity index (χ0) is 16.4. The number of fused-ring (bicyclic) bond motifs is 1. The van der Waals surface area contributed by atoms with E-state index in [2.05, 4.69) is 25.5 Å². The quantitative estimate of drug-likeness (QED) is 0.892. The van der Waals surface area contributed by atoms with Crippen molar-refractivity contribution in [1.82, 2.24) is 20.6 Å². The third kappa shape index (κ3) is 3.06. The molecule has 0 radical (unpaired) electrons. The Bertz CT molecular complexity index is 716. The smallest absolute Gasteiger partial charge is 0.315 e. The van der Waals surface area contributed by atoms with Crippen LogP contribution < -0.4 is 15.5 Å². The molecular formula is C17H21N5O2. The standard InChI is InChI=1S/C17H21N5O2/c23-17(18-9-13-3-2-8-24-13)21-12-6-7-22(10-12)16-14-4-1-5-15(14)19-11-20-16/h2-3,8,11-12H,1,4-7,9-10H2,(H2,18,21,23). The Balaban J connectivity index is 1.32. The third-order valence-electron chi connectivity index (χ3n) is 4.68. The van der Waals surface area contributed by atoms with Crippen LogP contribution in [-0.2, 0) is 19.4 Å². The highest BCUT2D eigenvalue weighted by Crippen LogP contribution is 2.29. The number of hydrogen-bond acceptors (Lipinski definition) is 5. The lowest BCUT2D eigenvalue weighted by Crippen LogP contribution is -2.43. The molecular weight excluding hydrogens is 306 g/mol. The highest BCUT2D eigenvalue weighted by Gasteiger charge is 2.28. The van der Waals surface area contributed by atoms with Gasteiger partial charge in [0.1, 0.15) is 17.9 Å². The van der Waals surface area contributed by atoms with E-state index in [1.54, 1.807) is 12.6 Å². The van der Waals surface area contributed by atoms with Crippen LogP contribution in [0.1, 0.15) is 29.9 Å². The number of urea groups is 1. The first-order chi connectivity index (χ1) is 11.8. The summed E-state index contributed by atoms with van der Waals surface area (Å²) in [6, 6.07) is 3.62. The summed E-state index contributed by atoms with van der Waals surface area (Å²) in [6.07, 6.45) is 7.46. The van der Waals surface area contributed by atoms with Gasteiger partial charge in [0, 0.05) is 30.4 Å². The SMILES string of the molecule is O=C(NCc1ccco1)NC1CCN(c2ncnc3c2CCC3)C1. The first-order valence-corrected chi connectivity index (χ1v) is 8.44. The molecule has 2 N–H and O–H groups in total. The zero-order valence-corrected chi connectivity index (χ0v) is 13.5. The summed E-state index contributed by atoms with van der Waals surface area (Å²) < 4.78 is 5.21. The number of nitrogens with one attached hydrogen (secondary N) is 2. The van der Waals surface area contributed by atoms with Gasteiger partial charge < -0.3 is 20.0 Å². The van der Waals surface area contributed by atoms with Crippen molar-refractivity contribution in [2.75, 3.05) is 18.0 Å². The number of furan rings is 1. The number of nitrogens with zero attached hydrogens (tertiary/aromatic N) is 3. The number of carbonyl (C=O) groups is 1. The maximum absolute atomic E-state index is 12.0. The van der Waals surface area contributed by atoms with Crippen LogP contribution in [0.3, 0.4) is 0 Å². The fourth-order valence-electron chi connectivity index (χ4n) is 3.50. The van der Waals surface area contributed by atoms with E-state index in [0.717, 1.165) is 50.4 Å². The van der Waals surface area contributed by atoms with Gasteiger partial charge in [-0.05, 0) is 37.8 Å². The van der Waals surface area contributed by atoms with Crippen molar-refractivity contribution in [3.8, 4) is 0 Å². The Morgan fingerprint density at radius 2 is 2.33 bits per heavy atom. The molecule has 0 saturated carbocycles. The number of amides is 2. The molecule has 0 bridgehead atoms. The van der Waals surface area contributed by atoms with Gasteiger partial charge in [-0.2, -0.15) is 0 Å². The predicted octanol–water partition coefficient (Wildman–Crippen LogP) is 1.64. The molecule has 1 saturated heterocycles. The van der Waals surface area contributed by atoms with Crippen LogP contribution in [0.5, 0.6) is 0 Å². The summed E-state index contributed by atoms with van der Waals surface area (Å²) in [5.41, 5.74) is 2.48. The number of carbonyl (C=O) groups excluding carboxylic acids is 1. The molecule has 2 aliphatic rings. The first kappa shape index (κ1) is 15.0. The fraction of sp³-hybridized carbons (Fsp3) is 0.471. The van der Waals surface area contributed by atoms with Gasteiger partial charge in [0.05, 0.1) is 12.8 Å². The van der Waals surface area contributed by atoms with Crippen LogP contribution in [0.25, 0.3) is 0 Å². The minimum atomic E-state index is -0.161. The van der Waals surface area contributed by atoms with Gasteiger partial charge >= 0.3 is 6.03 Å². The molecule has 2 aromatic heterocycles. The molecule has 1 aliphatic carbocycles. The van der Waals surface area contributed by atoms with E-state index in [4.69, 9.17) is 4.42 Å². The molecule has 0 aromatic carbocycles. The van der Waals surface area contributed by atoms with E-state index in [1.807, 2.05) is 12.1 Å². The van der Waals surface area contributed by atoms with E-state index in [9.17, 15) is 4.79 Å². The van der Waals surface area contributed by atoms with Crippen molar-refractivity contribution in [3.63, 3.8) is 0 Å².